The van der Waals surface area contributed by atoms with E-state index in [0.717, 1.165) is 48.1 Å². The molecular formula is C19H31ClN2O2. The lowest BCUT2D eigenvalue weighted by molar-refractivity contribution is 0.259. The monoisotopic (exact) mass is 354 g/mol. The van der Waals surface area contributed by atoms with Crippen LogP contribution >= 0.6 is 11.6 Å². The van der Waals surface area contributed by atoms with Crippen molar-refractivity contribution in [1.82, 2.24) is 10.2 Å². The van der Waals surface area contributed by atoms with Gasteiger partial charge in [0.1, 0.15) is 0 Å². The molecule has 1 aromatic carbocycles. The Kier molecular flexibility index (Phi) is 8.16. The normalized spacial score (nSPS) is 18.1. The van der Waals surface area contributed by atoms with Crippen molar-refractivity contribution in [3.63, 3.8) is 0 Å². The molecule has 2 rings (SSSR count). The summed E-state index contributed by atoms with van der Waals surface area (Å²) in [5.41, 5.74) is 1.06. The first-order valence-electron chi connectivity index (χ1n) is 9.22. The highest BCUT2D eigenvalue weighted by Crippen LogP contribution is 2.33. The first-order valence-corrected chi connectivity index (χ1v) is 9.60. The molecule has 136 valence electrons. The predicted molar refractivity (Wildman–Crippen MR) is 100 cm³/mol. The van der Waals surface area contributed by atoms with E-state index in [1.807, 2.05) is 19.1 Å². The second kappa shape index (κ2) is 10.1. The van der Waals surface area contributed by atoms with Crippen LogP contribution in [-0.4, -0.2) is 43.8 Å². The fraction of sp³-hybridized carbons (Fsp3) is 0.684. The largest absolute Gasteiger partial charge is 0.490 e. The summed E-state index contributed by atoms with van der Waals surface area (Å²) in [7, 11) is 0. The summed E-state index contributed by atoms with van der Waals surface area (Å²) in [5, 5.41) is 4.29. The van der Waals surface area contributed by atoms with Crippen LogP contribution in [0.25, 0.3) is 0 Å². The molecule has 24 heavy (non-hydrogen) atoms. The molecule has 0 amide bonds. The predicted octanol–water partition coefficient (Wildman–Crippen LogP) is 4.10. The molecular weight excluding hydrogens is 324 g/mol. The zero-order valence-electron chi connectivity index (χ0n) is 15.2. The Morgan fingerprint density at radius 1 is 1.21 bits per heavy atom. The average molecular weight is 355 g/mol. The minimum atomic E-state index is 0.616. The SMILES string of the molecule is CCCOc1cc(Cl)c(CNCC2CCCN2CC)cc1OCC. The molecule has 4 nitrogen and oxygen atoms in total. The van der Waals surface area contributed by atoms with Crippen molar-refractivity contribution >= 4 is 11.6 Å². The molecule has 0 aromatic heterocycles. The average Bonchev–Trinajstić information content (AvgIpc) is 3.03. The van der Waals surface area contributed by atoms with Crippen LogP contribution in [0.1, 0.15) is 45.6 Å². The van der Waals surface area contributed by atoms with E-state index in [4.69, 9.17) is 21.1 Å². The summed E-state index contributed by atoms with van der Waals surface area (Å²) in [6.07, 6.45) is 3.54. The second-order valence-electron chi connectivity index (χ2n) is 6.23. The van der Waals surface area contributed by atoms with Crippen LogP contribution in [0.3, 0.4) is 0 Å². The maximum atomic E-state index is 6.45. The highest BCUT2D eigenvalue weighted by atomic mass is 35.5. The molecule has 0 aliphatic carbocycles. The summed E-state index contributed by atoms with van der Waals surface area (Å²) in [5.74, 6) is 1.52. The van der Waals surface area contributed by atoms with Gasteiger partial charge in [0.05, 0.1) is 13.2 Å². The Morgan fingerprint density at radius 2 is 2.00 bits per heavy atom. The zero-order chi connectivity index (χ0) is 17.4. The van der Waals surface area contributed by atoms with E-state index in [1.165, 1.54) is 19.4 Å². The van der Waals surface area contributed by atoms with Gasteiger partial charge in [0.2, 0.25) is 0 Å². The molecule has 0 bridgehead atoms. The molecule has 1 aliphatic rings. The van der Waals surface area contributed by atoms with E-state index in [0.29, 0.717) is 19.3 Å². The highest BCUT2D eigenvalue weighted by molar-refractivity contribution is 6.31. The van der Waals surface area contributed by atoms with E-state index < -0.39 is 0 Å². The van der Waals surface area contributed by atoms with Crippen molar-refractivity contribution in [3.05, 3.63) is 22.7 Å². The van der Waals surface area contributed by atoms with Gasteiger partial charge in [-0.25, -0.2) is 0 Å². The lowest BCUT2D eigenvalue weighted by Crippen LogP contribution is -2.37. The molecule has 1 heterocycles. The summed E-state index contributed by atoms with van der Waals surface area (Å²) in [6.45, 7) is 11.7. The maximum absolute atomic E-state index is 6.45. The lowest BCUT2D eigenvalue weighted by atomic mass is 10.1. The molecule has 1 fully saturated rings. The van der Waals surface area contributed by atoms with Crippen LogP contribution in [-0.2, 0) is 6.54 Å². The molecule has 0 radical (unpaired) electrons. The molecule has 0 spiro atoms. The minimum absolute atomic E-state index is 0.616. The summed E-state index contributed by atoms with van der Waals surface area (Å²) >= 11 is 6.45. The van der Waals surface area contributed by atoms with Gasteiger partial charge in [-0.1, -0.05) is 25.4 Å². The number of hydrogen-bond acceptors (Lipinski definition) is 4. The molecule has 1 atom stereocenters. The number of benzene rings is 1. The molecule has 1 saturated heterocycles. The third kappa shape index (κ3) is 5.27. The van der Waals surface area contributed by atoms with Crippen LogP contribution in [0.4, 0.5) is 0 Å². The van der Waals surface area contributed by atoms with Crippen molar-refractivity contribution in [1.29, 1.82) is 0 Å². The number of hydrogen-bond donors (Lipinski definition) is 1. The Labute approximate surface area is 151 Å². The minimum Gasteiger partial charge on any atom is -0.490 e. The number of likely N-dealkylation sites (N-methyl/N-ethyl adjacent to an activating group) is 1. The van der Waals surface area contributed by atoms with Gasteiger partial charge >= 0.3 is 0 Å². The Balaban J connectivity index is 1.97. The van der Waals surface area contributed by atoms with Crippen LogP contribution < -0.4 is 14.8 Å². The number of ether oxygens (including phenoxy) is 2. The van der Waals surface area contributed by atoms with Gasteiger partial charge in [0, 0.05) is 30.2 Å². The quantitative estimate of drug-likeness (QED) is 0.685. The van der Waals surface area contributed by atoms with Crippen molar-refractivity contribution in [3.8, 4) is 11.5 Å². The first kappa shape index (κ1) is 19.4. The Bertz CT molecular complexity index is 510. The molecule has 5 heteroatoms. The van der Waals surface area contributed by atoms with Crippen molar-refractivity contribution in [2.24, 2.45) is 0 Å². The van der Waals surface area contributed by atoms with Crippen molar-refractivity contribution < 1.29 is 9.47 Å². The summed E-state index contributed by atoms with van der Waals surface area (Å²) in [4.78, 5) is 2.54. The third-order valence-electron chi connectivity index (χ3n) is 4.47. The second-order valence-corrected chi connectivity index (χ2v) is 6.63. The van der Waals surface area contributed by atoms with Gasteiger partial charge < -0.3 is 14.8 Å². The van der Waals surface area contributed by atoms with Crippen LogP contribution in [0.15, 0.2) is 12.1 Å². The zero-order valence-corrected chi connectivity index (χ0v) is 16.0. The number of nitrogens with one attached hydrogen (secondary N) is 1. The Hall–Kier alpha value is -0.970. The van der Waals surface area contributed by atoms with Gasteiger partial charge in [-0.3, -0.25) is 4.90 Å². The molecule has 1 unspecified atom stereocenters. The van der Waals surface area contributed by atoms with Crippen molar-refractivity contribution in [2.75, 3.05) is 32.8 Å². The van der Waals surface area contributed by atoms with Crippen LogP contribution in [0, 0.1) is 0 Å². The van der Waals surface area contributed by atoms with Gasteiger partial charge in [0.15, 0.2) is 11.5 Å². The van der Waals surface area contributed by atoms with Gasteiger partial charge in [0.25, 0.3) is 0 Å². The third-order valence-corrected chi connectivity index (χ3v) is 4.83. The van der Waals surface area contributed by atoms with E-state index in [1.54, 1.807) is 0 Å². The van der Waals surface area contributed by atoms with Crippen LogP contribution in [0.2, 0.25) is 5.02 Å². The van der Waals surface area contributed by atoms with Gasteiger partial charge in [-0.05, 0) is 50.9 Å². The lowest BCUT2D eigenvalue weighted by Gasteiger charge is -2.23. The molecule has 1 aromatic rings. The fourth-order valence-electron chi connectivity index (χ4n) is 3.22. The van der Waals surface area contributed by atoms with E-state index in [9.17, 15) is 0 Å². The standard InChI is InChI=1S/C19H31ClN2O2/c1-4-10-24-19-12-17(20)15(11-18(19)23-6-3)13-21-14-16-8-7-9-22(16)5-2/h11-12,16,21H,4-10,13-14H2,1-3H3. The topological polar surface area (TPSA) is 33.7 Å². The summed E-state index contributed by atoms with van der Waals surface area (Å²) in [6, 6.07) is 4.54. The van der Waals surface area contributed by atoms with E-state index in [-0.39, 0.29) is 0 Å². The Morgan fingerprint density at radius 3 is 2.71 bits per heavy atom. The van der Waals surface area contributed by atoms with Crippen LogP contribution in [0.5, 0.6) is 11.5 Å². The van der Waals surface area contributed by atoms with E-state index >= 15 is 0 Å². The highest BCUT2D eigenvalue weighted by Gasteiger charge is 2.22. The maximum Gasteiger partial charge on any atom is 0.162 e. The van der Waals surface area contributed by atoms with Gasteiger partial charge in [-0.15, -0.1) is 0 Å². The molecule has 1 N–H and O–H groups in total. The molecule has 0 saturated carbocycles. The van der Waals surface area contributed by atoms with Gasteiger partial charge in [-0.2, -0.15) is 0 Å². The molecule has 1 aliphatic heterocycles. The smallest absolute Gasteiger partial charge is 0.162 e. The van der Waals surface area contributed by atoms with Crippen molar-refractivity contribution in [2.45, 2.75) is 52.6 Å². The number of likely N-dealkylation sites (tertiary alicyclic amines) is 1. The van der Waals surface area contributed by atoms with E-state index in [2.05, 4.69) is 24.1 Å². The fourth-order valence-corrected chi connectivity index (χ4v) is 3.44. The number of halogens is 1. The number of rotatable bonds is 10. The summed E-state index contributed by atoms with van der Waals surface area (Å²) < 4.78 is 11.5. The number of nitrogens with zero attached hydrogens (tertiary/aromatic N) is 1. The first-order chi connectivity index (χ1) is 11.7.